The zero-order chi connectivity index (χ0) is 17.5. The molecule has 2 N–H and O–H groups in total. The van der Waals surface area contributed by atoms with Gasteiger partial charge in [0.1, 0.15) is 5.75 Å². The minimum absolute atomic E-state index is 0.521. The number of methoxy groups -OCH3 is 1. The third kappa shape index (κ3) is 5.11. The molecule has 1 aliphatic heterocycles. The van der Waals surface area contributed by atoms with Crippen molar-refractivity contribution >= 4 is 5.96 Å². The molecule has 3 rings (SSSR count). The summed E-state index contributed by atoms with van der Waals surface area (Å²) in [6.45, 7) is 3.26. The van der Waals surface area contributed by atoms with E-state index in [0.29, 0.717) is 6.04 Å². The highest BCUT2D eigenvalue weighted by Gasteiger charge is 2.30. The zero-order valence-corrected chi connectivity index (χ0v) is 15.6. The van der Waals surface area contributed by atoms with Gasteiger partial charge in [-0.2, -0.15) is 0 Å². The summed E-state index contributed by atoms with van der Waals surface area (Å²) < 4.78 is 5.20. The quantitative estimate of drug-likeness (QED) is 0.615. The molecule has 5 nitrogen and oxygen atoms in total. The number of aliphatic imine (C=N–C) groups is 1. The molecule has 1 heterocycles. The lowest BCUT2D eigenvalue weighted by atomic mass is 10.1. The first kappa shape index (κ1) is 18.1. The van der Waals surface area contributed by atoms with Crippen molar-refractivity contribution in [2.45, 2.75) is 50.6 Å². The van der Waals surface area contributed by atoms with Crippen LogP contribution in [-0.4, -0.2) is 56.7 Å². The van der Waals surface area contributed by atoms with E-state index in [1.54, 1.807) is 7.11 Å². The molecular weight excluding hydrogens is 312 g/mol. The smallest absolute Gasteiger partial charge is 0.191 e. The molecule has 1 unspecified atom stereocenters. The highest BCUT2D eigenvalue weighted by Crippen LogP contribution is 2.26. The summed E-state index contributed by atoms with van der Waals surface area (Å²) in [4.78, 5) is 7.06. The van der Waals surface area contributed by atoms with Crippen molar-refractivity contribution in [3.05, 3.63) is 29.8 Å². The summed E-state index contributed by atoms with van der Waals surface area (Å²) in [5.41, 5.74) is 1.30. The van der Waals surface area contributed by atoms with Crippen LogP contribution in [0.3, 0.4) is 0 Å². The van der Waals surface area contributed by atoms with Crippen LogP contribution in [0.1, 0.15) is 37.7 Å². The Bertz CT molecular complexity index is 551. The summed E-state index contributed by atoms with van der Waals surface area (Å²) >= 11 is 0. The molecule has 1 saturated carbocycles. The average Bonchev–Trinajstić information content (AvgIpc) is 3.33. The van der Waals surface area contributed by atoms with Crippen molar-refractivity contribution in [2.24, 2.45) is 4.99 Å². The number of nitrogens with one attached hydrogen (secondary N) is 2. The van der Waals surface area contributed by atoms with Crippen LogP contribution in [0.4, 0.5) is 0 Å². The van der Waals surface area contributed by atoms with Gasteiger partial charge in [-0.1, -0.05) is 25.0 Å². The first-order valence-corrected chi connectivity index (χ1v) is 9.62. The Hall–Kier alpha value is -1.75. The van der Waals surface area contributed by atoms with Gasteiger partial charge in [-0.15, -0.1) is 0 Å². The van der Waals surface area contributed by atoms with E-state index < -0.39 is 0 Å². The van der Waals surface area contributed by atoms with Crippen molar-refractivity contribution in [3.63, 3.8) is 0 Å². The number of hydrogen-bond donors (Lipinski definition) is 2. The number of benzene rings is 1. The van der Waals surface area contributed by atoms with Crippen LogP contribution < -0.4 is 15.4 Å². The van der Waals surface area contributed by atoms with E-state index in [2.05, 4.69) is 32.7 Å². The molecule has 0 amide bonds. The van der Waals surface area contributed by atoms with Crippen LogP contribution in [-0.2, 0) is 6.42 Å². The summed E-state index contributed by atoms with van der Waals surface area (Å²) in [5, 5.41) is 7.05. The van der Waals surface area contributed by atoms with Crippen molar-refractivity contribution in [3.8, 4) is 5.75 Å². The molecule has 0 spiro atoms. The summed E-state index contributed by atoms with van der Waals surface area (Å²) in [6.07, 6.45) is 7.80. The maximum atomic E-state index is 5.20. The van der Waals surface area contributed by atoms with Crippen LogP contribution in [0.5, 0.6) is 5.75 Å². The highest BCUT2D eigenvalue weighted by molar-refractivity contribution is 5.80. The van der Waals surface area contributed by atoms with Gasteiger partial charge in [0.15, 0.2) is 5.96 Å². The van der Waals surface area contributed by atoms with Crippen LogP contribution in [0.25, 0.3) is 0 Å². The Kier molecular flexibility index (Phi) is 6.56. The van der Waals surface area contributed by atoms with Crippen LogP contribution in [0, 0.1) is 0 Å². The van der Waals surface area contributed by atoms with E-state index in [9.17, 15) is 0 Å². The molecule has 0 aromatic heterocycles. The van der Waals surface area contributed by atoms with Gasteiger partial charge >= 0.3 is 0 Å². The van der Waals surface area contributed by atoms with Gasteiger partial charge in [0.25, 0.3) is 0 Å². The second kappa shape index (κ2) is 9.09. The molecule has 1 atom stereocenters. The number of guanidine groups is 1. The van der Waals surface area contributed by atoms with Crippen LogP contribution in [0.2, 0.25) is 0 Å². The molecular formula is C20H32N4O. The molecule has 1 saturated heterocycles. The molecule has 0 bridgehead atoms. The molecule has 2 fully saturated rings. The summed E-state index contributed by atoms with van der Waals surface area (Å²) in [6, 6.07) is 9.61. The van der Waals surface area contributed by atoms with Gasteiger partial charge in [0, 0.05) is 38.8 Å². The topological polar surface area (TPSA) is 48.9 Å². The number of hydrogen-bond acceptors (Lipinski definition) is 3. The lowest BCUT2D eigenvalue weighted by Crippen LogP contribution is -2.45. The predicted octanol–water partition coefficient (Wildman–Crippen LogP) is 2.42. The normalized spacial score (nSPS) is 22.3. The standard InChI is InChI=1S/C20H32N4O/c1-21-20(22-13-11-16-7-9-19(25-2)10-8-16)23-17-12-14-24(15-17)18-5-3-4-6-18/h7-10,17-18H,3-6,11-15H2,1-2H3,(H2,21,22,23). The number of rotatable bonds is 6. The van der Waals surface area contributed by atoms with E-state index in [1.165, 1.54) is 44.2 Å². The van der Waals surface area contributed by atoms with Gasteiger partial charge in [0.2, 0.25) is 0 Å². The lowest BCUT2D eigenvalue weighted by molar-refractivity contribution is 0.242. The third-order valence-corrected chi connectivity index (χ3v) is 5.49. The minimum Gasteiger partial charge on any atom is -0.497 e. The Balaban J connectivity index is 1.39. The fourth-order valence-electron chi connectivity index (χ4n) is 4.01. The molecule has 0 radical (unpaired) electrons. The van der Waals surface area contributed by atoms with Crippen molar-refractivity contribution in [2.75, 3.05) is 33.8 Å². The van der Waals surface area contributed by atoms with Crippen LogP contribution >= 0.6 is 0 Å². The highest BCUT2D eigenvalue weighted by atomic mass is 16.5. The second-order valence-corrected chi connectivity index (χ2v) is 7.16. The van der Waals surface area contributed by atoms with E-state index in [-0.39, 0.29) is 0 Å². The molecule has 1 aromatic carbocycles. The fraction of sp³-hybridized carbons (Fsp3) is 0.650. The zero-order valence-electron chi connectivity index (χ0n) is 15.6. The van der Waals surface area contributed by atoms with E-state index >= 15 is 0 Å². The Morgan fingerprint density at radius 3 is 2.64 bits per heavy atom. The number of ether oxygens (including phenoxy) is 1. The molecule has 138 valence electrons. The molecule has 1 aromatic rings. The van der Waals surface area contributed by atoms with E-state index in [1.807, 2.05) is 19.2 Å². The Labute approximate surface area is 151 Å². The van der Waals surface area contributed by atoms with Gasteiger partial charge in [-0.05, 0) is 43.4 Å². The average molecular weight is 345 g/mol. The minimum atomic E-state index is 0.521. The number of likely N-dealkylation sites (tertiary alicyclic amines) is 1. The second-order valence-electron chi connectivity index (χ2n) is 7.16. The number of nitrogens with zero attached hydrogens (tertiary/aromatic N) is 2. The maximum absolute atomic E-state index is 5.20. The van der Waals surface area contributed by atoms with Crippen molar-refractivity contribution in [1.29, 1.82) is 0 Å². The van der Waals surface area contributed by atoms with E-state index in [4.69, 9.17) is 4.74 Å². The summed E-state index contributed by atoms with van der Waals surface area (Å²) in [7, 11) is 3.55. The monoisotopic (exact) mass is 344 g/mol. The predicted molar refractivity (Wildman–Crippen MR) is 103 cm³/mol. The summed E-state index contributed by atoms with van der Waals surface area (Å²) in [5.74, 6) is 1.83. The first-order chi connectivity index (χ1) is 12.3. The van der Waals surface area contributed by atoms with Gasteiger partial charge in [-0.3, -0.25) is 9.89 Å². The van der Waals surface area contributed by atoms with Crippen molar-refractivity contribution in [1.82, 2.24) is 15.5 Å². The molecule has 1 aliphatic carbocycles. The largest absolute Gasteiger partial charge is 0.497 e. The third-order valence-electron chi connectivity index (χ3n) is 5.49. The van der Waals surface area contributed by atoms with Crippen molar-refractivity contribution < 1.29 is 4.74 Å². The Morgan fingerprint density at radius 2 is 1.96 bits per heavy atom. The fourth-order valence-corrected chi connectivity index (χ4v) is 4.01. The maximum Gasteiger partial charge on any atom is 0.191 e. The van der Waals surface area contributed by atoms with Crippen LogP contribution in [0.15, 0.2) is 29.3 Å². The Morgan fingerprint density at radius 1 is 1.20 bits per heavy atom. The van der Waals surface area contributed by atoms with E-state index in [0.717, 1.165) is 37.3 Å². The molecule has 25 heavy (non-hydrogen) atoms. The van der Waals surface area contributed by atoms with Gasteiger partial charge in [-0.25, -0.2) is 0 Å². The molecule has 5 heteroatoms. The van der Waals surface area contributed by atoms with Gasteiger partial charge < -0.3 is 15.4 Å². The molecule has 2 aliphatic rings. The lowest BCUT2D eigenvalue weighted by Gasteiger charge is -2.24. The first-order valence-electron chi connectivity index (χ1n) is 9.62. The van der Waals surface area contributed by atoms with Gasteiger partial charge in [0.05, 0.1) is 7.11 Å². The SMILES string of the molecule is CN=C(NCCc1ccc(OC)cc1)NC1CCN(C2CCCC2)C1.